The Hall–Kier alpha value is -2.30. The number of aromatic nitrogens is 1. The maximum absolute atomic E-state index is 13.4. The third kappa shape index (κ3) is 4.63. The fourth-order valence-electron chi connectivity index (χ4n) is 1.98. The van der Waals surface area contributed by atoms with Gasteiger partial charge in [-0.05, 0) is 18.6 Å². The molecule has 0 saturated heterocycles. The number of rotatable bonds is 6. The highest BCUT2D eigenvalue weighted by molar-refractivity contribution is 5.90. The average Bonchev–Trinajstić information content (AvgIpc) is 2.49. The van der Waals surface area contributed by atoms with E-state index in [0.29, 0.717) is 6.42 Å². The first kappa shape index (κ1) is 15.1. The molecule has 0 aliphatic heterocycles. The van der Waals surface area contributed by atoms with Crippen LogP contribution >= 0.6 is 0 Å². The first-order valence-corrected chi connectivity index (χ1v) is 6.85. The van der Waals surface area contributed by atoms with Gasteiger partial charge in [-0.25, -0.2) is 13.3 Å². The van der Waals surface area contributed by atoms with Crippen molar-refractivity contribution in [2.24, 2.45) is 0 Å². The lowest BCUT2D eigenvalue weighted by atomic mass is 10.2. The number of carbonyl (C=O) groups excluding carboxylic acids is 1. The molecule has 1 heterocycles. The number of para-hydroxylation sites is 1. The second-order valence-corrected chi connectivity index (χ2v) is 4.72. The molecule has 3 nitrogen and oxygen atoms in total. The molecule has 0 fully saturated rings. The average molecular weight is 291 g/mol. The van der Waals surface area contributed by atoms with Crippen LogP contribution in [0, 0.1) is 11.6 Å². The molecule has 2 aromatic rings. The molecule has 1 aromatic carbocycles. The molecule has 0 radical (unpaired) electrons. The van der Waals surface area contributed by atoms with Crippen LogP contribution in [0.15, 0.2) is 48.8 Å². The Bertz CT molecular complexity index is 582. The quantitative estimate of drug-likeness (QED) is 0.644. The molecular formula is C16H17F2N2O+. The number of nitrogens with zero attached hydrogens (tertiary/aromatic N) is 1. The summed E-state index contributed by atoms with van der Waals surface area (Å²) in [5.41, 5.74) is -0.375. The van der Waals surface area contributed by atoms with E-state index in [9.17, 15) is 13.6 Å². The van der Waals surface area contributed by atoms with Crippen LogP contribution < -0.4 is 9.88 Å². The highest BCUT2D eigenvalue weighted by Gasteiger charge is 2.11. The summed E-state index contributed by atoms with van der Waals surface area (Å²) in [6.45, 7) is 0.808. The summed E-state index contributed by atoms with van der Waals surface area (Å²) in [5, 5.41) is 2.28. The van der Waals surface area contributed by atoms with Crippen molar-refractivity contribution in [3.63, 3.8) is 0 Å². The molecule has 1 amide bonds. The maximum atomic E-state index is 13.4. The lowest BCUT2D eigenvalue weighted by Crippen LogP contribution is -2.32. The van der Waals surface area contributed by atoms with Crippen molar-refractivity contribution in [2.45, 2.75) is 25.8 Å². The molecule has 110 valence electrons. The molecule has 2 rings (SSSR count). The minimum atomic E-state index is -0.761. The Morgan fingerprint density at radius 3 is 2.33 bits per heavy atom. The molecule has 0 saturated carbocycles. The van der Waals surface area contributed by atoms with Crippen molar-refractivity contribution < 1.29 is 18.1 Å². The van der Waals surface area contributed by atoms with E-state index in [4.69, 9.17) is 0 Å². The van der Waals surface area contributed by atoms with E-state index in [1.807, 2.05) is 35.2 Å². The summed E-state index contributed by atoms with van der Waals surface area (Å²) in [4.78, 5) is 11.7. The van der Waals surface area contributed by atoms with Gasteiger partial charge in [0.1, 0.15) is 23.9 Å². The van der Waals surface area contributed by atoms with Crippen molar-refractivity contribution in [2.75, 3.05) is 5.32 Å². The first-order chi connectivity index (χ1) is 10.2. The van der Waals surface area contributed by atoms with Crippen molar-refractivity contribution in [1.29, 1.82) is 0 Å². The standard InChI is InChI=1S/C16H16F2N2O/c17-13-7-6-8-14(18)16(13)19-15(21)9-2-5-12-20-10-3-1-4-11-20/h1,3-4,6-8,10-11H,2,5,9,12H2/p+1. The number of carbonyl (C=O) groups is 1. The van der Waals surface area contributed by atoms with Gasteiger partial charge in [-0.15, -0.1) is 0 Å². The molecule has 0 unspecified atom stereocenters. The zero-order valence-electron chi connectivity index (χ0n) is 11.6. The van der Waals surface area contributed by atoms with Crippen LogP contribution in [0.2, 0.25) is 0 Å². The third-order valence-electron chi connectivity index (χ3n) is 3.07. The van der Waals surface area contributed by atoms with Crippen molar-refractivity contribution in [3.05, 3.63) is 60.4 Å². The van der Waals surface area contributed by atoms with Crippen molar-refractivity contribution in [1.82, 2.24) is 0 Å². The minimum absolute atomic E-state index is 0.237. The van der Waals surface area contributed by atoms with Crippen LogP contribution in [0.25, 0.3) is 0 Å². The van der Waals surface area contributed by atoms with Crippen LogP contribution in [0.1, 0.15) is 19.3 Å². The van der Waals surface area contributed by atoms with Gasteiger partial charge in [0, 0.05) is 25.0 Å². The lowest BCUT2D eigenvalue weighted by molar-refractivity contribution is -0.697. The number of benzene rings is 1. The Morgan fingerprint density at radius 2 is 1.67 bits per heavy atom. The van der Waals surface area contributed by atoms with Crippen LogP contribution in [0.5, 0.6) is 0 Å². The maximum Gasteiger partial charge on any atom is 0.224 e. The number of aryl methyl sites for hydroxylation is 1. The van der Waals surface area contributed by atoms with E-state index in [1.165, 1.54) is 6.07 Å². The second-order valence-electron chi connectivity index (χ2n) is 4.72. The number of amides is 1. The summed E-state index contributed by atoms with van der Waals surface area (Å²) in [5.74, 6) is -1.90. The smallest absolute Gasteiger partial charge is 0.224 e. The van der Waals surface area contributed by atoms with Gasteiger partial charge in [0.15, 0.2) is 12.4 Å². The van der Waals surface area contributed by atoms with Gasteiger partial charge in [-0.3, -0.25) is 4.79 Å². The van der Waals surface area contributed by atoms with E-state index in [1.54, 1.807) is 0 Å². The fourth-order valence-corrected chi connectivity index (χ4v) is 1.98. The normalized spacial score (nSPS) is 10.4. The molecule has 1 aromatic heterocycles. The zero-order chi connectivity index (χ0) is 15.1. The lowest BCUT2D eigenvalue weighted by Gasteiger charge is -2.06. The van der Waals surface area contributed by atoms with Gasteiger partial charge < -0.3 is 5.32 Å². The van der Waals surface area contributed by atoms with E-state index in [-0.39, 0.29) is 18.0 Å². The van der Waals surface area contributed by atoms with Gasteiger partial charge in [-0.1, -0.05) is 12.1 Å². The zero-order valence-corrected chi connectivity index (χ0v) is 11.6. The predicted octanol–water partition coefficient (Wildman–Crippen LogP) is 3.06. The summed E-state index contributed by atoms with van der Waals surface area (Å²) >= 11 is 0. The van der Waals surface area contributed by atoms with Gasteiger partial charge in [0.05, 0.1) is 0 Å². The number of unbranched alkanes of at least 4 members (excludes halogenated alkanes) is 1. The molecule has 0 aliphatic carbocycles. The van der Waals surface area contributed by atoms with Gasteiger partial charge >= 0.3 is 0 Å². The van der Waals surface area contributed by atoms with E-state index in [2.05, 4.69) is 5.32 Å². The topological polar surface area (TPSA) is 33.0 Å². The van der Waals surface area contributed by atoms with Crippen LogP contribution in [-0.4, -0.2) is 5.91 Å². The first-order valence-electron chi connectivity index (χ1n) is 6.85. The van der Waals surface area contributed by atoms with Crippen LogP contribution in [-0.2, 0) is 11.3 Å². The number of hydrogen-bond acceptors (Lipinski definition) is 1. The number of hydrogen-bond donors (Lipinski definition) is 1. The fraction of sp³-hybridized carbons (Fsp3) is 0.250. The summed E-state index contributed by atoms with van der Waals surface area (Å²) in [6.07, 6.45) is 5.62. The van der Waals surface area contributed by atoms with Gasteiger partial charge in [0.2, 0.25) is 5.91 Å². The molecule has 0 atom stereocenters. The SMILES string of the molecule is O=C(CCCC[n+]1ccccc1)Nc1c(F)cccc1F. The van der Waals surface area contributed by atoms with Crippen molar-refractivity contribution in [3.8, 4) is 0 Å². The Labute approximate surface area is 122 Å². The Balaban J connectivity index is 1.75. The Morgan fingerprint density at radius 1 is 1.00 bits per heavy atom. The number of pyridine rings is 1. The van der Waals surface area contributed by atoms with Crippen LogP contribution in [0.4, 0.5) is 14.5 Å². The Kier molecular flexibility index (Phi) is 5.37. The van der Waals surface area contributed by atoms with Gasteiger partial charge in [0.25, 0.3) is 0 Å². The predicted molar refractivity (Wildman–Crippen MR) is 75.5 cm³/mol. The molecule has 1 N–H and O–H groups in total. The number of halogens is 2. The van der Waals surface area contributed by atoms with E-state index >= 15 is 0 Å². The molecule has 21 heavy (non-hydrogen) atoms. The number of nitrogens with one attached hydrogen (secondary N) is 1. The van der Waals surface area contributed by atoms with Gasteiger partial charge in [-0.2, -0.15) is 0 Å². The molecule has 5 heteroatoms. The summed E-state index contributed by atoms with van der Waals surface area (Å²) < 4.78 is 28.7. The monoisotopic (exact) mass is 291 g/mol. The molecule has 0 bridgehead atoms. The molecular weight excluding hydrogens is 274 g/mol. The van der Waals surface area contributed by atoms with Crippen LogP contribution in [0.3, 0.4) is 0 Å². The second kappa shape index (κ2) is 7.47. The largest absolute Gasteiger partial charge is 0.321 e. The number of anilines is 1. The van der Waals surface area contributed by atoms with E-state index in [0.717, 1.165) is 25.1 Å². The minimum Gasteiger partial charge on any atom is -0.321 e. The summed E-state index contributed by atoms with van der Waals surface area (Å²) in [6, 6.07) is 9.31. The third-order valence-corrected chi connectivity index (χ3v) is 3.07. The molecule has 0 spiro atoms. The van der Waals surface area contributed by atoms with Crippen molar-refractivity contribution >= 4 is 11.6 Å². The molecule has 0 aliphatic rings. The summed E-state index contributed by atoms with van der Waals surface area (Å²) in [7, 11) is 0. The highest BCUT2D eigenvalue weighted by atomic mass is 19.1. The van der Waals surface area contributed by atoms with E-state index < -0.39 is 11.6 Å². The highest BCUT2D eigenvalue weighted by Crippen LogP contribution is 2.18.